The van der Waals surface area contributed by atoms with Crippen LogP contribution in [-0.2, 0) is 12.8 Å². The summed E-state index contributed by atoms with van der Waals surface area (Å²) in [7, 11) is 0. The van der Waals surface area contributed by atoms with E-state index >= 15 is 0 Å². The second-order valence-electron chi connectivity index (χ2n) is 6.98. The van der Waals surface area contributed by atoms with Gasteiger partial charge in [-0.05, 0) is 48.4 Å². The van der Waals surface area contributed by atoms with Gasteiger partial charge in [0.1, 0.15) is 0 Å². The summed E-state index contributed by atoms with van der Waals surface area (Å²) >= 11 is 0. The molecule has 0 aliphatic heterocycles. The van der Waals surface area contributed by atoms with E-state index in [-0.39, 0.29) is 0 Å². The molecule has 1 atom stereocenters. The second kappa shape index (κ2) is 11.6. The third-order valence-electron chi connectivity index (χ3n) is 4.70. The minimum Gasteiger partial charge on any atom is -0.399 e. The highest BCUT2D eigenvalue weighted by Gasteiger charge is 2.09. The Bertz CT molecular complexity index is 397. The minimum atomic E-state index is 0.903. The van der Waals surface area contributed by atoms with Crippen molar-refractivity contribution in [2.24, 2.45) is 5.92 Å². The quantitative estimate of drug-likeness (QED) is 0.428. The molecule has 0 unspecified atom stereocenters. The zero-order valence-corrected chi connectivity index (χ0v) is 15.2. The molecule has 0 saturated heterocycles. The van der Waals surface area contributed by atoms with Crippen molar-refractivity contribution in [2.75, 3.05) is 5.73 Å². The fourth-order valence-electron chi connectivity index (χ4n) is 3.33. The monoisotopic (exact) mass is 303 g/mol. The number of aryl methyl sites for hydroxylation is 2. The second-order valence-corrected chi connectivity index (χ2v) is 6.98. The lowest BCUT2D eigenvalue weighted by Gasteiger charge is -2.08. The van der Waals surface area contributed by atoms with E-state index in [9.17, 15) is 0 Å². The predicted octanol–water partition coefficient (Wildman–Crippen LogP) is 6.54. The molecule has 1 aliphatic carbocycles. The molecule has 1 aliphatic rings. The van der Waals surface area contributed by atoms with Crippen molar-refractivity contribution in [3.05, 3.63) is 29.3 Å². The van der Waals surface area contributed by atoms with Crippen LogP contribution in [0.5, 0.6) is 0 Å². The topological polar surface area (TPSA) is 26.0 Å². The van der Waals surface area contributed by atoms with E-state index in [4.69, 9.17) is 5.73 Å². The van der Waals surface area contributed by atoms with Crippen molar-refractivity contribution >= 4 is 5.69 Å². The molecule has 0 amide bonds. The number of fused-ring (bicyclic) bond motifs is 1. The molecular formula is C21H37N. The first kappa shape index (κ1) is 19.1. The van der Waals surface area contributed by atoms with Gasteiger partial charge in [0.2, 0.25) is 0 Å². The van der Waals surface area contributed by atoms with Crippen LogP contribution in [0, 0.1) is 5.92 Å². The van der Waals surface area contributed by atoms with Crippen LogP contribution in [0.1, 0.15) is 89.7 Å². The number of nitrogens with two attached hydrogens (primary N) is 1. The van der Waals surface area contributed by atoms with Crippen LogP contribution in [0.2, 0.25) is 0 Å². The highest BCUT2D eigenvalue weighted by molar-refractivity contribution is 5.46. The first-order valence-electron chi connectivity index (χ1n) is 9.54. The lowest BCUT2D eigenvalue weighted by molar-refractivity contribution is 0.453. The molecule has 0 bridgehead atoms. The summed E-state index contributed by atoms with van der Waals surface area (Å²) in [4.78, 5) is 0. The first-order valence-corrected chi connectivity index (χ1v) is 9.54. The van der Waals surface area contributed by atoms with Gasteiger partial charge in [-0.25, -0.2) is 0 Å². The summed E-state index contributed by atoms with van der Waals surface area (Å²) in [5.41, 5.74) is 9.49. The molecule has 0 heterocycles. The Balaban J connectivity index is 0.000000222. The van der Waals surface area contributed by atoms with E-state index in [1.807, 2.05) is 6.07 Å². The standard InChI is InChI=1S/C12H26.C9H11N/c1-4-6-7-8-9-11-12(3)10-5-2;10-9-5-4-7-2-1-3-8(7)6-9/h12H,4-11H2,1-3H3;4-6H,1-3,10H2/t12-;/m0./s1. The summed E-state index contributed by atoms with van der Waals surface area (Å²) in [5, 5.41) is 0. The Morgan fingerprint density at radius 1 is 0.909 bits per heavy atom. The Labute approximate surface area is 138 Å². The Morgan fingerprint density at radius 2 is 1.64 bits per heavy atom. The number of hydrogen-bond acceptors (Lipinski definition) is 1. The maximum Gasteiger partial charge on any atom is 0.0316 e. The lowest BCUT2D eigenvalue weighted by Crippen LogP contribution is -1.93. The molecule has 0 aromatic heterocycles. The molecule has 1 aromatic rings. The number of unbranched alkanes of at least 4 members (excludes halogenated alkanes) is 4. The Hall–Kier alpha value is -0.980. The number of benzene rings is 1. The molecule has 2 rings (SSSR count). The molecule has 1 nitrogen and oxygen atoms in total. The van der Waals surface area contributed by atoms with Crippen molar-refractivity contribution in [1.82, 2.24) is 0 Å². The predicted molar refractivity (Wildman–Crippen MR) is 100 cm³/mol. The van der Waals surface area contributed by atoms with Gasteiger partial charge in [0.15, 0.2) is 0 Å². The summed E-state index contributed by atoms with van der Waals surface area (Å²) in [5.74, 6) is 0.969. The molecule has 0 saturated carbocycles. The van der Waals surface area contributed by atoms with Crippen molar-refractivity contribution in [3.8, 4) is 0 Å². The Morgan fingerprint density at radius 3 is 2.36 bits per heavy atom. The fourth-order valence-corrected chi connectivity index (χ4v) is 3.33. The SMILES string of the molecule is CCCCCCC[C@@H](C)CCC.Nc1ccc2c(c1)CCC2. The van der Waals surface area contributed by atoms with E-state index < -0.39 is 0 Å². The van der Waals surface area contributed by atoms with E-state index in [2.05, 4.69) is 32.9 Å². The zero-order chi connectivity index (χ0) is 16.2. The van der Waals surface area contributed by atoms with Crippen molar-refractivity contribution in [2.45, 2.75) is 91.4 Å². The van der Waals surface area contributed by atoms with Gasteiger partial charge in [-0.3, -0.25) is 0 Å². The van der Waals surface area contributed by atoms with E-state index in [1.165, 1.54) is 81.8 Å². The van der Waals surface area contributed by atoms with Gasteiger partial charge >= 0.3 is 0 Å². The highest BCUT2D eigenvalue weighted by Crippen LogP contribution is 2.23. The van der Waals surface area contributed by atoms with Crippen LogP contribution in [0.4, 0.5) is 5.69 Å². The first-order chi connectivity index (χ1) is 10.7. The molecule has 22 heavy (non-hydrogen) atoms. The molecule has 0 fully saturated rings. The van der Waals surface area contributed by atoms with Gasteiger partial charge < -0.3 is 5.73 Å². The smallest absolute Gasteiger partial charge is 0.0316 e. The van der Waals surface area contributed by atoms with Crippen molar-refractivity contribution in [1.29, 1.82) is 0 Å². The van der Waals surface area contributed by atoms with Crippen LogP contribution in [0.15, 0.2) is 18.2 Å². The maximum absolute atomic E-state index is 5.63. The van der Waals surface area contributed by atoms with E-state index in [1.54, 1.807) is 0 Å². The summed E-state index contributed by atoms with van der Waals surface area (Å²) in [6.45, 7) is 6.95. The Kier molecular flexibility index (Phi) is 10.0. The fraction of sp³-hybridized carbons (Fsp3) is 0.714. The molecule has 126 valence electrons. The van der Waals surface area contributed by atoms with Gasteiger partial charge in [0, 0.05) is 5.69 Å². The molecule has 1 aromatic carbocycles. The number of nitrogen functional groups attached to an aromatic ring is 1. The van der Waals surface area contributed by atoms with Gasteiger partial charge in [-0.1, -0.05) is 78.2 Å². The van der Waals surface area contributed by atoms with E-state index in [0.717, 1.165) is 11.6 Å². The minimum absolute atomic E-state index is 0.903. The maximum atomic E-state index is 5.63. The molecular weight excluding hydrogens is 266 g/mol. The highest BCUT2D eigenvalue weighted by atomic mass is 14.5. The normalized spacial score (nSPS) is 14.1. The van der Waals surface area contributed by atoms with Crippen LogP contribution in [-0.4, -0.2) is 0 Å². The van der Waals surface area contributed by atoms with E-state index in [0.29, 0.717) is 0 Å². The summed E-state index contributed by atoms with van der Waals surface area (Å²) < 4.78 is 0. The zero-order valence-electron chi connectivity index (χ0n) is 15.2. The van der Waals surface area contributed by atoms with Crippen LogP contribution in [0.25, 0.3) is 0 Å². The number of hydrogen-bond donors (Lipinski definition) is 1. The third kappa shape index (κ3) is 7.87. The molecule has 1 heteroatoms. The summed E-state index contributed by atoms with van der Waals surface area (Å²) in [6.07, 6.45) is 15.2. The van der Waals surface area contributed by atoms with Gasteiger partial charge in [-0.15, -0.1) is 0 Å². The average Bonchev–Trinajstić information content (AvgIpc) is 2.95. The average molecular weight is 304 g/mol. The van der Waals surface area contributed by atoms with Crippen molar-refractivity contribution in [3.63, 3.8) is 0 Å². The number of anilines is 1. The third-order valence-corrected chi connectivity index (χ3v) is 4.70. The van der Waals surface area contributed by atoms with Crippen molar-refractivity contribution < 1.29 is 0 Å². The van der Waals surface area contributed by atoms with Crippen LogP contribution in [0.3, 0.4) is 0 Å². The number of rotatable bonds is 8. The van der Waals surface area contributed by atoms with Gasteiger partial charge in [0.25, 0.3) is 0 Å². The van der Waals surface area contributed by atoms with Gasteiger partial charge in [-0.2, -0.15) is 0 Å². The summed E-state index contributed by atoms with van der Waals surface area (Å²) in [6, 6.07) is 6.24. The lowest BCUT2D eigenvalue weighted by atomic mass is 9.98. The molecule has 0 spiro atoms. The largest absolute Gasteiger partial charge is 0.399 e. The molecule has 0 radical (unpaired) electrons. The van der Waals surface area contributed by atoms with Crippen LogP contribution >= 0.6 is 0 Å². The van der Waals surface area contributed by atoms with Gasteiger partial charge in [0.05, 0.1) is 0 Å². The molecule has 2 N–H and O–H groups in total. The van der Waals surface area contributed by atoms with Crippen LogP contribution < -0.4 is 5.73 Å².